The van der Waals surface area contributed by atoms with Gasteiger partial charge in [0, 0.05) is 11.9 Å². The molecule has 2 aromatic heterocycles. The van der Waals surface area contributed by atoms with Crippen molar-refractivity contribution in [3.63, 3.8) is 0 Å². The molecule has 3 N–H and O–H groups in total. The molecule has 0 amide bonds. The van der Waals surface area contributed by atoms with Crippen molar-refractivity contribution in [3.8, 4) is 11.5 Å². The second kappa shape index (κ2) is 4.99. The first-order chi connectivity index (χ1) is 9.69. The van der Waals surface area contributed by atoms with Crippen LogP contribution in [0.5, 0.6) is 0 Å². The van der Waals surface area contributed by atoms with Gasteiger partial charge in [0.05, 0.1) is 5.52 Å². The van der Waals surface area contributed by atoms with Gasteiger partial charge in [-0.3, -0.25) is 0 Å². The summed E-state index contributed by atoms with van der Waals surface area (Å²) in [6.07, 6.45) is -0.946. The van der Waals surface area contributed by atoms with Crippen molar-refractivity contribution in [2.45, 2.75) is 13.0 Å². The van der Waals surface area contributed by atoms with Crippen molar-refractivity contribution >= 4 is 10.9 Å². The summed E-state index contributed by atoms with van der Waals surface area (Å²) in [4.78, 5) is 8.64. The Morgan fingerprint density at radius 1 is 1.30 bits per heavy atom. The van der Waals surface area contributed by atoms with Gasteiger partial charge in [0.15, 0.2) is 0 Å². The molecule has 0 fully saturated rings. The van der Waals surface area contributed by atoms with Gasteiger partial charge in [-0.1, -0.05) is 23.4 Å². The molecule has 20 heavy (non-hydrogen) atoms. The van der Waals surface area contributed by atoms with Crippen molar-refractivity contribution in [3.05, 3.63) is 41.8 Å². The molecule has 0 saturated heterocycles. The molecule has 3 rings (SSSR count). The van der Waals surface area contributed by atoms with Crippen LogP contribution in [0.4, 0.5) is 0 Å². The SMILES string of the molecule is Cc1cc(-c2noc(C(O)CN)n2)nc2ccccc12. The van der Waals surface area contributed by atoms with E-state index in [1.54, 1.807) is 0 Å². The van der Waals surface area contributed by atoms with E-state index in [1.165, 1.54) is 0 Å². The quantitative estimate of drug-likeness (QED) is 0.750. The monoisotopic (exact) mass is 270 g/mol. The molecule has 0 spiro atoms. The molecule has 3 aromatic rings. The predicted octanol–water partition coefficient (Wildman–Crippen LogP) is 1.59. The highest BCUT2D eigenvalue weighted by Crippen LogP contribution is 2.23. The zero-order valence-corrected chi connectivity index (χ0v) is 10.9. The number of fused-ring (bicyclic) bond motifs is 1. The first-order valence-corrected chi connectivity index (χ1v) is 6.27. The largest absolute Gasteiger partial charge is 0.382 e. The number of para-hydroxylation sites is 1. The highest BCUT2D eigenvalue weighted by molar-refractivity contribution is 5.84. The summed E-state index contributed by atoms with van der Waals surface area (Å²) in [5.41, 5.74) is 7.92. The molecule has 0 bridgehead atoms. The zero-order valence-electron chi connectivity index (χ0n) is 10.9. The average molecular weight is 270 g/mol. The summed E-state index contributed by atoms with van der Waals surface area (Å²) in [6.45, 7) is 2.04. The van der Waals surface area contributed by atoms with Crippen molar-refractivity contribution < 1.29 is 9.63 Å². The predicted molar refractivity (Wildman–Crippen MR) is 73.8 cm³/mol. The minimum Gasteiger partial charge on any atom is -0.382 e. The summed E-state index contributed by atoms with van der Waals surface area (Å²) < 4.78 is 4.99. The van der Waals surface area contributed by atoms with Crippen LogP contribution in [0.15, 0.2) is 34.9 Å². The average Bonchev–Trinajstić information content (AvgIpc) is 2.96. The number of benzene rings is 1. The second-order valence-corrected chi connectivity index (χ2v) is 4.55. The minimum atomic E-state index is -0.946. The summed E-state index contributed by atoms with van der Waals surface area (Å²) in [5.74, 6) is 0.455. The van der Waals surface area contributed by atoms with E-state index in [4.69, 9.17) is 10.3 Å². The Labute approximate surface area is 115 Å². The Hall–Kier alpha value is -2.31. The van der Waals surface area contributed by atoms with E-state index in [-0.39, 0.29) is 12.4 Å². The van der Waals surface area contributed by atoms with Crippen molar-refractivity contribution in [2.75, 3.05) is 6.54 Å². The third-order valence-electron chi connectivity index (χ3n) is 3.10. The highest BCUT2D eigenvalue weighted by atomic mass is 16.5. The number of aliphatic hydroxyl groups excluding tert-OH is 1. The van der Waals surface area contributed by atoms with Crippen LogP contribution in [0, 0.1) is 6.92 Å². The highest BCUT2D eigenvalue weighted by Gasteiger charge is 2.16. The summed E-state index contributed by atoms with van der Waals surface area (Å²) in [5, 5.41) is 14.5. The molecule has 1 atom stereocenters. The molecular weight excluding hydrogens is 256 g/mol. The maximum absolute atomic E-state index is 9.57. The van der Waals surface area contributed by atoms with Crippen LogP contribution in [0.3, 0.4) is 0 Å². The van der Waals surface area contributed by atoms with E-state index in [0.717, 1.165) is 16.5 Å². The fourth-order valence-corrected chi connectivity index (χ4v) is 2.04. The number of pyridine rings is 1. The fraction of sp³-hybridized carbons (Fsp3) is 0.214. The topological polar surface area (TPSA) is 98.1 Å². The van der Waals surface area contributed by atoms with Crippen molar-refractivity contribution in [1.29, 1.82) is 0 Å². The molecule has 1 aromatic carbocycles. The number of rotatable bonds is 3. The molecule has 0 aliphatic carbocycles. The van der Waals surface area contributed by atoms with E-state index < -0.39 is 6.10 Å². The van der Waals surface area contributed by atoms with Gasteiger partial charge in [0.1, 0.15) is 11.8 Å². The van der Waals surface area contributed by atoms with Gasteiger partial charge >= 0.3 is 0 Å². The number of nitrogens with two attached hydrogens (primary N) is 1. The molecule has 2 heterocycles. The maximum Gasteiger partial charge on any atom is 0.257 e. The van der Waals surface area contributed by atoms with Crippen LogP contribution in [-0.2, 0) is 0 Å². The smallest absolute Gasteiger partial charge is 0.257 e. The van der Waals surface area contributed by atoms with Gasteiger partial charge in [-0.2, -0.15) is 4.98 Å². The van der Waals surface area contributed by atoms with E-state index in [2.05, 4.69) is 15.1 Å². The summed E-state index contributed by atoms with van der Waals surface area (Å²) in [7, 11) is 0. The van der Waals surface area contributed by atoms with Gasteiger partial charge in [0.25, 0.3) is 5.89 Å². The van der Waals surface area contributed by atoms with Crippen LogP contribution >= 0.6 is 0 Å². The number of nitrogens with zero attached hydrogens (tertiary/aromatic N) is 3. The lowest BCUT2D eigenvalue weighted by molar-refractivity contribution is 0.141. The Balaban J connectivity index is 2.08. The number of hydrogen-bond acceptors (Lipinski definition) is 6. The van der Waals surface area contributed by atoms with Gasteiger partial charge < -0.3 is 15.4 Å². The van der Waals surface area contributed by atoms with Gasteiger partial charge in [-0.25, -0.2) is 4.98 Å². The Morgan fingerprint density at radius 2 is 2.10 bits per heavy atom. The van der Waals surface area contributed by atoms with Crippen molar-refractivity contribution in [1.82, 2.24) is 15.1 Å². The lowest BCUT2D eigenvalue weighted by Crippen LogP contribution is -2.11. The van der Waals surface area contributed by atoms with Gasteiger partial charge in [-0.05, 0) is 24.6 Å². The molecule has 6 heteroatoms. The van der Waals surface area contributed by atoms with E-state index in [0.29, 0.717) is 11.5 Å². The normalized spacial score (nSPS) is 12.8. The Bertz CT molecular complexity index is 754. The van der Waals surface area contributed by atoms with Gasteiger partial charge in [-0.15, -0.1) is 0 Å². The number of hydrogen-bond donors (Lipinski definition) is 2. The number of aliphatic hydroxyl groups is 1. The number of aromatic nitrogens is 3. The molecule has 6 nitrogen and oxygen atoms in total. The van der Waals surface area contributed by atoms with Gasteiger partial charge in [0.2, 0.25) is 5.82 Å². The molecule has 0 aliphatic heterocycles. The first kappa shape index (κ1) is 12.7. The van der Waals surface area contributed by atoms with Crippen LogP contribution in [-0.4, -0.2) is 26.8 Å². The molecule has 0 saturated carbocycles. The lowest BCUT2D eigenvalue weighted by Gasteiger charge is -2.03. The maximum atomic E-state index is 9.57. The lowest BCUT2D eigenvalue weighted by atomic mass is 10.1. The molecule has 102 valence electrons. The molecule has 1 unspecified atom stereocenters. The Morgan fingerprint density at radius 3 is 2.90 bits per heavy atom. The van der Waals surface area contributed by atoms with Crippen LogP contribution in [0.1, 0.15) is 17.6 Å². The molecule has 0 aliphatic rings. The van der Waals surface area contributed by atoms with Crippen LogP contribution < -0.4 is 5.73 Å². The zero-order chi connectivity index (χ0) is 14.1. The minimum absolute atomic E-state index is 0.0335. The molecule has 0 radical (unpaired) electrons. The first-order valence-electron chi connectivity index (χ1n) is 6.27. The summed E-state index contributed by atoms with van der Waals surface area (Å²) >= 11 is 0. The van der Waals surface area contributed by atoms with E-state index >= 15 is 0 Å². The number of aryl methyl sites for hydroxylation is 1. The fourth-order valence-electron chi connectivity index (χ4n) is 2.04. The standard InChI is InChI=1S/C14H14N4O2/c1-8-6-11(16-10-5-3-2-4-9(8)10)13-17-14(20-18-13)12(19)7-15/h2-6,12,19H,7,15H2,1H3. The Kier molecular flexibility index (Phi) is 3.17. The van der Waals surface area contributed by atoms with E-state index in [1.807, 2.05) is 37.3 Å². The van der Waals surface area contributed by atoms with Crippen LogP contribution in [0.2, 0.25) is 0 Å². The summed E-state index contributed by atoms with van der Waals surface area (Å²) in [6, 6.07) is 9.74. The van der Waals surface area contributed by atoms with Crippen molar-refractivity contribution in [2.24, 2.45) is 5.73 Å². The third kappa shape index (κ3) is 2.15. The third-order valence-corrected chi connectivity index (χ3v) is 3.10. The van der Waals surface area contributed by atoms with E-state index in [9.17, 15) is 5.11 Å². The van der Waals surface area contributed by atoms with Crippen LogP contribution in [0.25, 0.3) is 22.4 Å². The molecular formula is C14H14N4O2. The second-order valence-electron chi connectivity index (χ2n) is 4.55.